The van der Waals surface area contributed by atoms with Gasteiger partial charge in [-0.25, -0.2) is 4.39 Å². The van der Waals surface area contributed by atoms with E-state index in [2.05, 4.69) is 4.98 Å². The van der Waals surface area contributed by atoms with E-state index in [1.807, 2.05) is 37.3 Å². The summed E-state index contributed by atoms with van der Waals surface area (Å²) in [4.78, 5) is 31.5. The van der Waals surface area contributed by atoms with Crippen molar-refractivity contribution in [1.29, 1.82) is 0 Å². The molecule has 0 spiro atoms. The minimum atomic E-state index is -0.736. The third kappa shape index (κ3) is 3.93. The van der Waals surface area contributed by atoms with E-state index in [1.165, 1.54) is 19.2 Å². The lowest BCUT2D eigenvalue weighted by atomic mass is 9.87. The third-order valence-corrected chi connectivity index (χ3v) is 6.56. The minimum Gasteiger partial charge on any atom is -0.493 e. The number of aromatic amines is 1. The van der Waals surface area contributed by atoms with Gasteiger partial charge in [0.15, 0.2) is 11.5 Å². The number of halogens is 1. The zero-order chi connectivity index (χ0) is 24.7. The molecule has 0 saturated heterocycles. The number of carbonyl (C=O) groups is 1. The fourth-order valence-corrected chi connectivity index (χ4v) is 4.82. The van der Waals surface area contributed by atoms with E-state index < -0.39 is 17.8 Å². The van der Waals surface area contributed by atoms with Gasteiger partial charge in [-0.2, -0.15) is 0 Å². The van der Waals surface area contributed by atoms with Crippen molar-refractivity contribution in [3.63, 3.8) is 0 Å². The molecule has 1 aromatic heterocycles. The Kier molecular flexibility index (Phi) is 5.76. The van der Waals surface area contributed by atoms with Crippen LogP contribution in [0.4, 0.5) is 4.39 Å². The first-order valence-corrected chi connectivity index (χ1v) is 11.3. The van der Waals surface area contributed by atoms with Crippen molar-refractivity contribution in [1.82, 2.24) is 9.88 Å². The second-order valence-corrected chi connectivity index (χ2v) is 8.68. The van der Waals surface area contributed by atoms with Crippen LogP contribution in [0, 0.1) is 12.7 Å². The summed E-state index contributed by atoms with van der Waals surface area (Å²) in [6.45, 7) is 2.27. The summed E-state index contributed by atoms with van der Waals surface area (Å²) >= 11 is 0. The van der Waals surface area contributed by atoms with E-state index in [1.54, 1.807) is 30.2 Å². The zero-order valence-corrected chi connectivity index (χ0v) is 19.7. The molecule has 3 aromatic carbocycles. The van der Waals surface area contributed by atoms with Gasteiger partial charge in [0.25, 0.3) is 11.5 Å². The number of benzene rings is 3. The Bertz CT molecular complexity index is 1510. The van der Waals surface area contributed by atoms with Crippen molar-refractivity contribution in [2.45, 2.75) is 19.4 Å². The summed E-state index contributed by atoms with van der Waals surface area (Å²) in [6.07, 6.45) is 0.525. The van der Waals surface area contributed by atoms with Gasteiger partial charge in [-0.1, -0.05) is 24.3 Å². The maximum absolute atomic E-state index is 14.6. The topological polar surface area (TPSA) is 71.6 Å². The fourth-order valence-electron chi connectivity index (χ4n) is 4.82. The van der Waals surface area contributed by atoms with Gasteiger partial charge in [0.2, 0.25) is 0 Å². The number of aromatic nitrogens is 1. The Morgan fingerprint density at radius 2 is 1.74 bits per heavy atom. The van der Waals surface area contributed by atoms with E-state index in [9.17, 15) is 14.0 Å². The van der Waals surface area contributed by atoms with Gasteiger partial charge in [0, 0.05) is 17.6 Å². The minimum absolute atomic E-state index is 0.0331. The van der Waals surface area contributed by atoms with E-state index in [0.29, 0.717) is 35.5 Å². The molecule has 5 rings (SSSR count). The molecular weight excluding hydrogens is 447 g/mol. The van der Waals surface area contributed by atoms with Crippen LogP contribution in [0.2, 0.25) is 0 Å². The average molecular weight is 473 g/mol. The highest BCUT2D eigenvalue weighted by Gasteiger charge is 2.36. The average Bonchev–Trinajstić information content (AvgIpc) is 2.86. The zero-order valence-electron chi connectivity index (χ0n) is 19.7. The summed E-state index contributed by atoms with van der Waals surface area (Å²) in [5.74, 6) is -0.0137. The number of hydrogen-bond donors (Lipinski definition) is 1. The second kappa shape index (κ2) is 8.91. The van der Waals surface area contributed by atoms with Crippen LogP contribution in [-0.4, -0.2) is 36.6 Å². The third-order valence-electron chi connectivity index (χ3n) is 6.56. The Hall–Kier alpha value is -4.13. The highest BCUT2D eigenvalue weighted by Crippen LogP contribution is 2.41. The van der Waals surface area contributed by atoms with E-state index in [4.69, 9.17) is 9.47 Å². The number of methoxy groups -OCH3 is 2. The van der Waals surface area contributed by atoms with Gasteiger partial charge in [-0.3, -0.25) is 9.59 Å². The Balaban J connectivity index is 1.74. The smallest absolute Gasteiger partial charge is 0.257 e. The molecule has 4 aromatic rings. The van der Waals surface area contributed by atoms with Crippen LogP contribution in [0.5, 0.6) is 11.5 Å². The molecule has 0 bridgehead atoms. The van der Waals surface area contributed by atoms with Crippen LogP contribution in [-0.2, 0) is 6.42 Å². The number of rotatable bonds is 4. The molecule has 1 aliphatic rings. The van der Waals surface area contributed by atoms with Crippen LogP contribution >= 0.6 is 0 Å². The lowest BCUT2D eigenvalue weighted by Crippen LogP contribution is -2.42. The Morgan fingerprint density at radius 1 is 1.00 bits per heavy atom. The largest absolute Gasteiger partial charge is 0.493 e. The van der Waals surface area contributed by atoms with Crippen molar-refractivity contribution < 1.29 is 18.7 Å². The van der Waals surface area contributed by atoms with E-state index in [-0.39, 0.29) is 11.1 Å². The van der Waals surface area contributed by atoms with E-state index in [0.717, 1.165) is 22.1 Å². The van der Waals surface area contributed by atoms with Crippen LogP contribution in [0.15, 0.2) is 65.5 Å². The highest BCUT2D eigenvalue weighted by molar-refractivity contribution is 5.95. The standard InChI is InChI=1S/C28H25FN2O4/c1-16-8-9-18-13-21(27(32)30-23(18)12-16)26-20-15-25(35-3)24(34-2)14-17(20)10-11-31(26)28(33)19-6-4-5-7-22(19)29/h4-9,12-15,26H,10-11H2,1-3H3,(H,30,32). The first kappa shape index (κ1) is 22.7. The number of ether oxygens (including phenoxy) is 2. The highest BCUT2D eigenvalue weighted by atomic mass is 19.1. The number of aryl methyl sites for hydroxylation is 1. The number of amides is 1. The van der Waals surface area contributed by atoms with Crippen molar-refractivity contribution in [3.05, 3.63) is 105 Å². The van der Waals surface area contributed by atoms with E-state index >= 15 is 0 Å². The lowest BCUT2D eigenvalue weighted by molar-refractivity contribution is 0.0688. The molecule has 1 aliphatic heterocycles. The molecule has 178 valence electrons. The van der Waals surface area contributed by atoms with Gasteiger partial charge in [0.1, 0.15) is 5.82 Å². The van der Waals surface area contributed by atoms with Gasteiger partial charge >= 0.3 is 0 Å². The summed E-state index contributed by atoms with van der Waals surface area (Å²) in [6, 6.07) is 16.5. The normalized spacial score (nSPS) is 15.1. The monoisotopic (exact) mass is 472 g/mol. The van der Waals surface area contributed by atoms with Crippen LogP contribution in [0.1, 0.15) is 38.7 Å². The SMILES string of the molecule is COc1cc2c(cc1OC)C(c1cc3ccc(C)cc3[nH]c1=O)N(C(=O)c1ccccc1F)CC2. The van der Waals surface area contributed by atoms with Crippen molar-refractivity contribution in [2.24, 2.45) is 0 Å². The molecule has 1 N–H and O–H groups in total. The van der Waals surface area contributed by atoms with Gasteiger partial charge in [0.05, 0.1) is 25.8 Å². The molecule has 0 fully saturated rings. The molecule has 35 heavy (non-hydrogen) atoms. The lowest BCUT2D eigenvalue weighted by Gasteiger charge is -2.38. The number of nitrogens with zero attached hydrogens (tertiary/aromatic N) is 1. The van der Waals surface area contributed by atoms with Crippen LogP contribution < -0.4 is 15.0 Å². The molecule has 1 unspecified atom stereocenters. The number of carbonyl (C=O) groups excluding carboxylic acids is 1. The molecule has 1 atom stereocenters. The van der Waals surface area contributed by atoms with Gasteiger partial charge in [-0.15, -0.1) is 0 Å². The van der Waals surface area contributed by atoms with Crippen LogP contribution in [0.25, 0.3) is 10.9 Å². The molecular formula is C28H25FN2O4. The summed E-state index contributed by atoms with van der Waals surface area (Å²) < 4.78 is 25.6. The molecule has 2 heterocycles. The quantitative estimate of drug-likeness (QED) is 0.464. The number of pyridine rings is 1. The summed E-state index contributed by atoms with van der Waals surface area (Å²) in [5, 5.41) is 0.844. The predicted molar refractivity (Wildman–Crippen MR) is 132 cm³/mol. The molecule has 0 saturated carbocycles. The number of nitrogens with one attached hydrogen (secondary N) is 1. The van der Waals surface area contributed by atoms with Crippen molar-refractivity contribution in [2.75, 3.05) is 20.8 Å². The number of H-pyrrole nitrogens is 1. The fraction of sp³-hybridized carbons (Fsp3) is 0.214. The molecule has 0 aliphatic carbocycles. The molecule has 7 heteroatoms. The van der Waals surface area contributed by atoms with Crippen molar-refractivity contribution in [3.8, 4) is 11.5 Å². The van der Waals surface area contributed by atoms with Gasteiger partial charge < -0.3 is 19.4 Å². The molecule has 0 radical (unpaired) electrons. The predicted octanol–water partition coefficient (Wildman–Crippen LogP) is 4.78. The van der Waals surface area contributed by atoms with Crippen molar-refractivity contribution >= 4 is 16.8 Å². The first-order chi connectivity index (χ1) is 16.9. The molecule has 6 nitrogen and oxygen atoms in total. The Labute approximate surface area is 201 Å². The Morgan fingerprint density at radius 3 is 2.49 bits per heavy atom. The number of fused-ring (bicyclic) bond motifs is 2. The van der Waals surface area contributed by atoms with Crippen LogP contribution in [0.3, 0.4) is 0 Å². The maximum Gasteiger partial charge on any atom is 0.257 e. The first-order valence-electron chi connectivity index (χ1n) is 11.3. The van der Waals surface area contributed by atoms with Gasteiger partial charge in [-0.05, 0) is 71.8 Å². The second-order valence-electron chi connectivity index (χ2n) is 8.68. The number of hydrogen-bond acceptors (Lipinski definition) is 4. The summed E-state index contributed by atoms with van der Waals surface area (Å²) in [5.41, 5.74) is 3.49. The summed E-state index contributed by atoms with van der Waals surface area (Å²) in [7, 11) is 3.10. The molecule has 1 amide bonds. The maximum atomic E-state index is 14.6.